The number of hydrogen-bond donors (Lipinski definition) is 1. The molecule has 1 heterocycles. The van der Waals surface area contributed by atoms with E-state index in [1.807, 2.05) is 30.5 Å². The lowest BCUT2D eigenvalue weighted by Crippen LogP contribution is -2.14. The normalized spacial score (nSPS) is 10.6. The van der Waals surface area contributed by atoms with E-state index in [0.717, 1.165) is 47.3 Å². The SMILES string of the molecule is CCCNCc1ccc(OC)cc1OCc1csc(C)n1. The lowest BCUT2D eigenvalue weighted by molar-refractivity contribution is 0.295. The Morgan fingerprint density at radius 1 is 1.33 bits per heavy atom. The summed E-state index contributed by atoms with van der Waals surface area (Å²) in [5.41, 5.74) is 2.10. The van der Waals surface area contributed by atoms with Gasteiger partial charge < -0.3 is 14.8 Å². The van der Waals surface area contributed by atoms with Gasteiger partial charge >= 0.3 is 0 Å². The first-order valence-corrected chi connectivity index (χ1v) is 8.02. The van der Waals surface area contributed by atoms with Crippen LogP contribution in [0.4, 0.5) is 0 Å². The molecule has 0 spiro atoms. The molecule has 114 valence electrons. The fourth-order valence-electron chi connectivity index (χ4n) is 1.97. The Balaban J connectivity index is 2.06. The van der Waals surface area contributed by atoms with E-state index in [4.69, 9.17) is 9.47 Å². The molecule has 0 unspecified atom stereocenters. The van der Waals surface area contributed by atoms with Gasteiger partial charge in [0.15, 0.2) is 0 Å². The third-order valence-corrected chi connectivity index (χ3v) is 3.88. The predicted octanol–water partition coefficient (Wildman–Crippen LogP) is 3.54. The van der Waals surface area contributed by atoms with Gasteiger partial charge in [0.2, 0.25) is 0 Å². The topological polar surface area (TPSA) is 43.4 Å². The number of aryl methyl sites for hydroxylation is 1. The molecule has 0 aliphatic rings. The molecule has 0 saturated carbocycles. The molecule has 2 rings (SSSR count). The third-order valence-electron chi connectivity index (χ3n) is 3.06. The van der Waals surface area contributed by atoms with Gasteiger partial charge in [0, 0.05) is 23.6 Å². The van der Waals surface area contributed by atoms with E-state index in [2.05, 4.69) is 17.2 Å². The maximum atomic E-state index is 5.93. The molecule has 0 fully saturated rings. The summed E-state index contributed by atoms with van der Waals surface area (Å²) in [4.78, 5) is 4.42. The molecule has 1 aromatic carbocycles. The summed E-state index contributed by atoms with van der Waals surface area (Å²) in [6, 6.07) is 5.94. The number of nitrogens with zero attached hydrogens (tertiary/aromatic N) is 1. The number of methoxy groups -OCH3 is 1. The molecule has 0 atom stereocenters. The number of benzene rings is 1. The lowest BCUT2D eigenvalue weighted by atomic mass is 10.2. The quantitative estimate of drug-likeness (QED) is 0.758. The Kier molecular flexibility index (Phi) is 6.02. The fourth-order valence-corrected chi connectivity index (χ4v) is 2.57. The van der Waals surface area contributed by atoms with Gasteiger partial charge in [0.25, 0.3) is 0 Å². The van der Waals surface area contributed by atoms with Gasteiger partial charge in [-0.2, -0.15) is 0 Å². The molecular formula is C16H22N2O2S. The van der Waals surface area contributed by atoms with Crippen molar-refractivity contribution in [2.24, 2.45) is 0 Å². The minimum Gasteiger partial charge on any atom is -0.497 e. The second-order valence-corrected chi connectivity index (χ2v) is 5.86. The average Bonchev–Trinajstić information content (AvgIpc) is 2.92. The summed E-state index contributed by atoms with van der Waals surface area (Å²) in [5.74, 6) is 1.65. The van der Waals surface area contributed by atoms with Crippen LogP contribution in [0.1, 0.15) is 29.6 Å². The average molecular weight is 306 g/mol. The maximum Gasteiger partial charge on any atom is 0.131 e. The van der Waals surface area contributed by atoms with Crippen LogP contribution in [0.15, 0.2) is 23.6 Å². The van der Waals surface area contributed by atoms with Crippen LogP contribution in [0.3, 0.4) is 0 Å². The Morgan fingerprint density at radius 3 is 2.86 bits per heavy atom. The Labute approximate surface area is 130 Å². The zero-order chi connectivity index (χ0) is 15.1. The highest BCUT2D eigenvalue weighted by molar-refractivity contribution is 7.09. The number of nitrogens with one attached hydrogen (secondary N) is 1. The van der Waals surface area contributed by atoms with E-state index >= 15 is 0 Å². The van der Waals surface area contributed by atoms with Gasteiger partial charge in [0.05, 0.1) is 17.8 Å². The van der Waals surface area contributed by atoms with Gasteiger partial charge in [-0.15, -0.1) is 11.3 Å². The van der Waals surface area contributed by atoms with Crippen LogP contribution in [0.5, 0.6) is 11.5 Å². The van der Waals surface area contributed by atoms with Crippen molar-refractivity contribution in [1.82, 2.24) is 10.3 Å². The maximum absolute atomic E-state index is 5.93. The molecule has 1 N–H and O–H groups in total. The molecule has 0 amide bonds. The van der Waals surface area contributed by atoms with E-state index in [1.165, 1.54) is 0 Å². The summed E-state index contributed by atoms with van der Waals surface area (Å²) in [7, 11) is 1.66. The van der Waals surface area contributed by atoms with Crippen molar-refractivity contribution in [2.75, 3.05) is 13.7 Å². The Hall–Kier alpha value is -1.59. The number of thiazole rings is 1. The Bertz CT molecular complexity index is 569. The molecule has 21 heavy (non-hydrogen) atoms. The first kappa shape index (κ1) is 15.8. The van der Waals surface area contributed by atoms with Crippen LogP contribution < -0.4 is 14.8 Å². The molecule has 2 aromatic rings. The second-order valence-electron chi connectivity index (χ2n) is 4.80. The Morgan fingerprint density at radius 2 is 2.19 bits per heavy atom. The summed E-state index contributed by atoms with van der Waals surface area (Å²) in [5, 5.41) is 6.49. The van der Waals surface area contributed by atoms with E-state index in [-0.39, 0.29) is 0 Å². The third kappa shape index (κ3) is 4.72. The minimum absolute atomic E-state index is 0.484. The minimum atomic E-state index is 0.484. The van der Waals surface area contributed by atoms with Crippen molar-refractivity contribution < 1.29 is 9.47 Å². The van der Waals surface area contributed by atoms with Crippen molar-refractivity contribution in [3.63, 3.8) is 0 Å². The van der Waals surface area contributed by atoms with E-state index in [1.54, 1.807) is 18.4 Å². The van der Waals surface area contributed by atoms with Crippen LogP contribution in [-0.2, 0) is 13.2 Å². The number of aromatic nitrogens is 1. The second kappa shape index (κ2) is 8.00. The molecule has 5 heteroatoms. The molecule has 0 radical (unpaired) electrons. The molecule has 4 nitrogen and oxygen atoms in total. The molecule has 0 aliphatic heterocycles. The van der Waals surface area contributed by atoms with Gasteiger partial charge in [-0.3, -0.25) is 0 Å². The number of rotatable bonds is 8. The van der Waals surface area contributed by atoms with Gasteiger partial charge in [-0.25, -0.2) is 4.98 Å². The number of ether oxygens (including phenoxy) is 2. The van der Waals surface area contributed by atoms with Crippen molar-refractivity contribution in [3.8, 4) is 11.5 Å². The van der Waals surface area contributed by atoms with Crippen molar-refractivity contribution in [2.45, 2.75) is 33.4 Å². The largest absolute Gasteiger partial charge is 0.497 e. The molecule has 0 saturated heterocycles. The van der Waals surface area contributed by atoms with Crippen molar-refractivity contribution in [1.29, 1.82) is 0 Å². The van der Waals surface area contributed by atoms with E-state index in [0.29, 0.717) is 6.61 Å². The highest BCUT2D eigenvalue weighted by atomic mass is 32.1. The summed E-state index contributed by atoms with van der Waals surface area (Å²) >= 11 is 1.64. The van der Waals surface area contributed by atoms with Crippen LogP contribution in [0, 0.1) is 6.92 Å². The monoisotopic (exact) mass is 306 g/mol. The van der Waals surface area contributed by atoms with Crippen molar-refractivity contribution in [3.05, 3.63) is 39.8 Å². The smallest absolute Gasteiger partial charge is 0.131 e. The summed E-state index contributed by atoms with van der Waals surface area (Å²) < 4.78 is 11.2. The lowest BCUT2D eigenvalue weighted by Gasteiger charge is -2.13. The molecular weight excluding hydrogens is 284 g/mol. The first-order valence-electron chi connectivity index (χ1n) is 7.14. The van der Waals surface area contributed by atoms with Crippen LogP contribution in [-0.4, -0.2) is 18.6 Å². The van der Waals surface area contributed by atoms with Crippen LogP contribution in [0.2, 0.25) is 0 Å². The van der Waals surface area contributed by atoms with Gasteiger partial charge in [-0.05, 0) is 26.0 Å². The standard InChI is InChI=1S/C16H22N2O2S/c1-4-7-17-9-13-5-6-15(19-3)8-16(13)20-10-14-11-21-12(2)18-14/h5-6,8,11,17H,4,7,9-10H2,1-3H3. The van der Waals surface area contributed by atoms with E-state index < -0.39 is 0 Å². The zero-order valence-corrected chi connectivity index (χ0v) is 13.6. The first-order chi connectivity index (χ1) is 10.2. The molecule has 0 aliphatic carbocycles. The number of hydrogen-bond acceptors (Lipinski definition) is 5. The summed E-state index contributed by atoms with van der Waals surface area (Å²) in [6.45, 7) is 6.43. The fraction of sp³-hybridized carbons (Fsp3) is 0.438. The van der Waals surface area contributed by atoms with Crippen LogP contribution >= 0.6 is 11.3 Å². The van der Waals surface area contributed by atoms with Gasteiger partial charge in [0.1, 0.15) is 18.1 Å². The molecule has 1 aromatic heterocycles. The highest BCUT2D eigenvalue weighted by Gasteiger charge is 2.07. The van der Waals surface area contributed by atoms with Crippen LogP contribution in [0.25, 0.3) is 0 Å². The predicted molar refractivity (Wildman–Crippen MR) is 86.2 cm³/mol. The van der Waals surface area contributed by atoms with Gasteiger partial charge in [-0.1, -0.05) is 13.0 Å². The van der Waals surface area contributed by atoms with E-state index in [9.17, 15) is 0 Å². The summed E-state index contributed by atoms with van der Waals surface area (Å²) in [6.07, 6.45) is 1.12. The zero-order valence-electron chi connectivity index (χ0n) is 12.8. The molecule has 0 bridgehead atoms. The highest BCUT2D eigenvalue weighted by Crippen LogP contribution is 2.26. The van der Waals surface area contributed by atoms with Crippen molar-refractivity contribution >= 4 is 11.3 Å².